The van der Waals surface area contributed by atoms with Crippen molar-refractivity contribution >= 4 is 23.1 Å². The zero-order valence-corrected chi connectivity index (χ0v) is 12.0. The first-order valence-electron chi connectivity index (χ1n) is 6.76. The topological polar surface area (TPSA) is 96.9 Å². The fourth-order valence-electron chi connectivity index (χ4n) is 2.26. The number of hydrogen-bond acceptors (Lipinski definition) is 5. The zero-order valence-electron chi connectivity index (χ0n) is 12.0. The number of fused-ring (bicyclic) bond motifs is 1. The molecule has 0 aliphatic heterocycles. The molecule has 2 heterocycles. The Kier molecular flexibility index (Phi) is 3.31. The SMILES string of the molecule is CCc1nnc(N/N=C\c2c(C)[nH]c3ccccc23)n1N. The van der Waals surface area contributed by atoms with Gasteiger partial charge in [0.2, 0.25) is 0 Å². The van der Waals surface area contributed by atoms with Crippen molar-refractivity contribution in [3.8, 4) is 0 Å². The van der Waals surface area contributed by atoms with Crippen molar-refractivity contribution in [2.45, 2.75) is 20.3 Å². The quantitative estimate of drug-likeness (QED) is 0.386. The number of nitrogen functional groups attached to an aromatic ring is 1. The number of nitrogens with zero attached hydrogens (tertiary/aromatic N) is 4. The minimum absolute atomic E-state index is 0.417. The number of nitrogens with one attached hydrogen (secondary N) is 2. The number of benzene rings is 1. The third-order valence-corrected chi connectivity index (χ3v) is 3.38. The number of aromatic amines is 1. The average Bonchev–Trinajstić information content (AvgIpc) is 3.00. The first-order valence-corrected chi connectivity index (χ1v) is 6.76. The van der Waals surface area contributed by atoms with Gasteiger partial charge in [0.15, 0.2) is 5.82 Å². The van der Waals surface area contributed by atoms with Gasteiger partial charge in [-0.05, 0) is 13.0 Å². The molecule has 0 saturated heterocycles. The lowest BCUT2D eigenvalue weighted by molar-refractivity contribution is 0.855. The van der Waals surface area contributed by atoms with Crippen molar-refractivity contribution in [3.05, 3.63) is 41.3 Å². The normalized spacial score (nSPS) is 11.5. The van der Waals surface area contributed by atoms with Crippen molar-refractivity contribution in [2.75, 3.05) is 11.3 Å². The Hall–Kier alpha value is -2.83. The van der Waals surface area contributed by atoms with Gasteiger partial charge in [-0.15, -0.1) is 10.2 Å². The van der Waals surface area contributed by atoms with Gasteiger partial charge < -0.3 is 10.8 Å². The van der Waals surface area contributed by atoms with E-state index in [9.17, 15) is 0 Å². The number of hydrazone groups is 1. The van der Waals surface area contributed by atoms with E-state index >= 15 is 0 Å². The molecule has 2 aromatic heterocycles. The smallest absolute Gasteiger partial charge is 0.263 e. The molecule has 0 aliphatic carbocycles. The molecule has 0 aliphatic rings. The summed E-state index contributed by atoms with van der Waals surface area (Å²) < 4.78 is 1.40. The fraction of sp³-hybridized carbons (Fsp3) is 0.214. The Morgan fingerprint density at radius 3 is 2.95 bits per heavy atom. The third-order valence-electron chi connectivity index (χ3n) is 3.38. The molecule has 7 nitrogen and oxygen atoms in total. The number of H-pyrrole nitrogens is 1. The summed E-state index contributed by atoms with van der Waals surface area (Å²) in [6.45, 7) is 3.98. The van der Waals surface area contributed by atoms with Crippen molar-refractivity contribution < 1.29 is 0 Å². The van der Waals surface area contributed by atoms with Crippen molar-refractivity contribution in [3.63, 3.8) is 0 Å². The molecule has 3 rings (SSSR count). The van der Waals surface area contributed by atoms with Gasteiger partial charge in [-0.25, -0.2) is 10.1 Å². The zero-order chi connectivity index (χ0) is 14.8. The van der Waals surface area contributed by atoms with Crippen LogP contribution in [0.4, 0.5) is 5.95 Å². The molecule has 21 heavy (non-hydrogen) atoms. The van der Waals surface area contributed by atoms with E-state index in [1.54, 1.807) is 6.21 Å². The van der Waals surface area contributed by atoms with Crippen LogP contribution in [0, 0.1) is 6.92 Å². The number of aromatic nitrogens is 4. The Balaban J connectivity index is 1.85. The van der Waals surface area contributed by atoms with Crippen LogP contribution >= 0.6 is 0 Å². The van der Waals surface area contributed by atoms with E-state index in [4.69, 9.17) is 5.84 Å². The van der Waals surface area contributed by atoms with Crippen LogP contribution in [0.15, 0.2) is 29.4 Å². The van der Waals surface area contributed by atoms with Crippen LogP contribution in [0.1, 0.15) is 24.0 Å². The van der Waals surface area contributed by atoms with E-state index in [1.807, 2.05) is 32.0 Å². The lowest BCUT2D eigenvalue weighted by Gasteiger charge is -2.00. The molecule has 7 heteroatoms. The van der Waals surface area contributed by atoms with Gasteiger partial charge in [0.05, 0.1) is 6.21 Å². The first-order chi connectivity index (χ1) is 10.2. The summed E-state index contributed by atoms with van der Waals surface area (Å²) in [5.74, 6) is 6.96. The van der Waals surface area contributed by atoms with Gasteiger partial charge in [-0.1, -0.05) is 25.1 Å². The van der Waals surface area contributed by atoms with E-state index in [2.05, 4.69) is 31.8 Å². The van der Waals surface area contributed by atoms with Gasteiger partial charge in [-0.2, -0.15) is 5.10 Å². The summed E-state index contributed by atoms with van der Waals surface area (Å²) in [7, 11) is 0. The molecule has 108 valence electrons. The molecule has 0 radical (unpaired) electrons. The van der Waals surface area contributed by atoms with Gasteiger partial charge in [-0.3, -0.25) is 0 Å². The second kappa shape index (κ2) is 5.28. The van der Waals surface area contributed by atoms with Crippen molar-refractivity contribution in [1.29, 1.82) is 0 Å². The summed E-state index contributed by atoms with van der Waals surface area (Å²) in [6.07, 6.45) is 2.48. The molecular weight excluding hydrogens is 266 g/mol. The number of hydrogen-bond donors (Lipinski definition) is 3. The van der Waals surface area contributed by atoms with E-state index in [1.165, 1.54) is 4.68 Å². The maximum Gasteiger partial charge on any atom is 0.263 e. The predicted molar refractivity (Wildman–Crippen MR) is 83.8 cm³/mol. The Labute approximate surface area is 121 Å². The summed E-state index contributed by atoms with van der Waals surface area (Å²) in [5, 5.41) is 13.2. The number of para-hydroxylation sites is 1. The van der Waals surface area contributed by atoms with Crippen LogP contribution in [0.5, 0.6) is 0 Å². The molecule has 0 bridgehead atoms. The fourth-order valence-corrected chi connectivity index (χ4v) is 2.26. The lowest BCUT2D eigenvalue weighted by atomic mass is 10.1. The van der Waals surface area contributed by atoms with E-state index in [0.717, 1.165) is 28.6 Å². The third kappa shape index (κ3) is 2.33. The van der Waals surface area contributed by atoms with E-state index in [0.29, 0.717) is 11.8 Å². The molecule has 0 unspecified atom stereocenters. The van der Waals surface area contributed by atoms with Crippen molar-refractivity contribution in [1.82, 2.24) is 19.9 Å². The molecule has 0 spiro atoms. The molecule has 0 saturated carbocycles. The minimum Gasteiger partial charge on any atom is -0.358 e. The largest absolute Gasteiger partial charge is 0.358 e. The van der Waals surface area contributed by atoms with Gasteiger partial charge in [0.1, 0.15) is 0 Å². The molecule has 0 amide bonds. The molecule has 1 aromatic carbocycles. The monoisotopic (exact) mass is 283 g/mol. The molecule has 0 atom stereocenters. The standard InChI is InChI=1S/C14H17N7/c1-3-13-18-20-14(21(13)15)19-16-8-11-9(2)17-12-7-5-4-6-10(11)12/h4-8,17H,3,15H2,1-2H3,(H,19,20)/b16-8-. The maximum absolute atomic E-state index is 5.84. The molecule has 0 fully saturated rings. The Morgan fingerprint density at radius 2 is 2.19 bits per heavy atom. The summed E-state index contributed by atoms with van der Waals surface area (Å²) in [5.41, 5.74) is 6.01. The van der Waals surface area contributed by atoms with Crippen LogP contribution in [0.25, 0.3) is 10.9 Å². The Bertz CT molecular complexity index is 797. The van der Waals surface area contributed by atoms with Gasteiger partial charge in [0.25, 0.3) is 5.95 Å². The summed E-state index contributed by atoms with van der Waals surface area (Å²) in [6, 6.07) is 8.10. The van der Waals surface area contributed by atoms with Crippen molar-refractivity contribution in [2.24, 2.45) is 5.10 Å². The van der Waals surface area contributed by atoms with Crippen LogP contribution in [0.2, 0.25) is 0 Å². The van der Waals surface area contributed by atoms with Crippen LogP contribution in [-0.4, -0.2) is 26.1 Å². The predicted octanol–water partition coefficient (Wildman–Crippen LogP) is 1.79. The number of rotatable bonds is 4. The average molecular weight is 283 g/mol. The molecule has 4 N–H and O–H groups in total. The van der Waals surface area contributed by atoms with Crippen LogP contribution in [-0.2, 0) is 6.42 Å². The maximum atomic E-state index is 5.84. The van der Waals surface area contributed by atoms with Gasteiger partial charge in [0, 0.05) is 28.6 Å². The minimum atomic E-state index is 0.417. The highest BCUT2D eigenvalue weighted by Gasteiger charge is 2.07. The van der Waals surface area contributed by atoms with E-state index < -0.39 is 0 Å². The van der Waals surface area contributed by atoms with Crippen LogP contribution < -0.4 is 11.3 Å². The molecule has 3 aromatic rings. The second-order valence-corrected chi connectivity index (χ2v) is 4.74. The highest BCUT2D eigenvalue weighted by Crippen LogP contribution is 2.19. The second-order valence-electron chi connectivity index (χ2n) is 4.74. The van der Waals surface area contributed by atoms with Gasteiger partial charge >= 0.3 is 0 Å². The van der Waals surface area contributed by atoms with Crippen LogP contribution in [0.3, 0.4) is 0 Å². The summed E-state index contributed by atoms with van der Waals surface area (Å²) >= 11 is 0. The highest BCUT2D eigenvalue weighted by molar-refractivity contribution is 6.00. The lowest BCUT2D eigenvalue weighted by Crippen LogP contribution is -2.14. The Morgan fingerprint density at radius 1 is 1.38 bits per heavy atom. The number of anilines is 1. The highest BCUT2D eigenvalue weighted by atomic mass is 15.5. The number of aryl methyl sites for hydroxylation is 2. The first kappa shape index (κ1) is 13.2. The molecular formula is C14H17N7. The number of nitrogens with two attached hydrogens (primary N) is 1. The van der Waals surface area contributed by atoms with E-state index in [-0.39, 0.29) is 0 Å². The summed E-state index contributed by atoms with van der Waals surface area (Å²) in [4.78, 5) is 3.32.